The van der Waals surface area contributed by atoms with Crippen LogP contribution >= 0.6 is 0 Å². The normalized spacial score (nSPS) is 21.9. The first-order valence-electron chi connectivity index (χ1n) is 7.96. The molecule has 0 aromatic heterocycles. The van der Waals surface area contributed by atoms with E-state index in [4.69, 9.17) is 9.47 Å². The lowest BCUT2D eigenvalue weighted by Gasteiger charge is -2.38. The van der Waals surface area contributed by atoms with Crippen LogP contribution < -0.4 is 0 Å². The van der Waals surface area contributed by atoms with Crippen molar-refractivity contribution in [3.05, 3.63) is 35.9 Å². The topological polar surface area (TPSA) is 38.8 Å². The van der Waals surface area contributed by atoms with Crippen molar-refractivity contribution in [2.24, 2.45) is 0 Å². The fraction of sp³-hybridized carbons (Fsp3) is 0.611. The van der Waals surface area contributed by atoms with Gasteiger partial charge in [0, 0.05) is 13.7 Å². The number of hydrogen-bond donors (Lipinski definition) is 0. The van der Waals surface area contributed by atoms with Crippen LogP contribution in [0.3, 0.4) is 0 Å². The minimum Gasteiger partial charge on any atom is -0.444 e. The van der Waals surface area contributed by atoms with Crippen LogP contribution in [0.4, 0.5) is 4.79 Å². The third kappa shape index (κ3) is 4.01. The van der Waals surface area contributed by atoms with Gasteiger partial charge in [0.1, 0.15) is 11.3 Å². The van der Waals surface area contributed by atoms with E-state index in [1.54, 1.807) is 12.0 Å². The fourth-order valence-corrected chi connectivity index (χ4v) is 2.99. The van der Waals surface area contributed by atoms with Crippen LogP contribution in [0.1, 0.15) is 45.6 Å². The summed E-state index contributed by atoms with van der Waals surface area (Å²) in [6.45, 7) is 6.36. The monoisotopic (exact) mass is 305 g/mol. The Hall–Kier alpha value is -1.55. The predicted molar refractivity (Wildman–Crippen MR) is 86.7 cm³/mol. The van der Waals surface area contributed by atoms with Gasteiger partial charge < -0.3 is 9.47 Å². The van der Waals surface area contributed by atoms with Gasteiger partial charge in [-0.2, -0.15) is 0 Å². The minimum absolute atomic E-state index is 0.278. The molecule has 1 unspecified atom stereocenters. The van der Waals surface area contributed by atoms with Crippen LogP contribution in [-0.4, -0.2) is 36.0 Å². The zero-order chi connectivity index (χ0) is 16.2. The lowest BCUT2D eigenvalue weighted by molar-refractivity contribution is -0.114. The SMILES string of the molecule is COC1(CCc2ccccc2)CCCN1C(=O)OC(C)(C)C. The molecule has 1 saturated heterocycles. The molecule has 0 radical (unpaired) electrons. The van der Waals surface area contributed by atoms with Crippen molar-refractivity contribution in [1.29, 1.82) is 0 Å². The molecule has 1 heterocycles. The van der Waals surface area contributed by atoms with Crippen LogP contribution in [0.15, 0.2) is 30.3 Å². The third-order valence-electron chi connectivity index (χ3n) is 4.08. The number of nitrogens with zero attached hydrogens (tertiary/aromatic N) is 1. The maximum atomic E-state index is 12.5. The van der Waals surface area contributed by atoms with E-state index in [1.807, 2.05) is 39.0 Å². The maximum Gasteiger partial charge on any atom is 0.412 e. The van der Waals surface area contributed by atoms with Gasteiger partial charge in [-0.05, 0) is 52.0 Å². The molecule has 22 heavy (non-hydrogen) atoms. The zero-order valence-corrected chi connectivity index (χ0v) is 14.1. The summed E-state index contributed by atoms with van der Waals surface area (Å²) in [5, 5.41) is 0. The van der Waals surface area contributed by atoms with Gasteiger partial charge in [0.25, 0.3) is 0 Å². The molecule has 1 fully saturated rings. The summed E-state index contributed by atoms with van der Waals surface area (Å²) in [5.41, 5.74) is 0.228. The van der Waals surface area contributed by atoms with Gasteiger partial charge in [0.15, 0.2) is 0 Å². The molecule has 1 aliphatic rings. The highest BCUT2D eigenvalue weighted by atomic mass is 16.6. The van der Waals surface area contributed by atoms with Gasteiger partial charge in [-0.3, -0.25) is 4.90 Å². The van der Waals surface area contributed by atoms with Gasteiger partial charge in [0.05, 0.1) is 0 Å². The number of aryl methyl sites for hydroxylation is 1. The summed E-state index contributed by atoms with van der Waals surface area (Å²) in [5.74, 6) is 0. The molecule has 0 N–H and O–H groups in total. The number of carbonyl (C=O) groups excluding carboxylic acids is 1. The average molecular weight is 305 g/mol. The van der Waals surface area contributed by atoms with Crippen molar-refractivity contribution in [2.75, 3.05) is 13.7 Å². The summed E-state index contributed by atoms with van der Waals surface area (Å²) in [7, 11) is 1.69. The van der Waals surface area contributed by atoms with E-state index >= 15 is 0 Å². The molecule has 1 aromatic carbocycles. The van der Waals surface area contributed by atoms with E-state index < -0.39 is 11.3 Å². The van der Waals surface area contributed by atoms with Gasteiger partial charge >= 0.3 is 6.09 Å². The van der Waals surface area contributed by atoms with E-state index in [0.717, 1.165) is 25.7 Å². The van der Waals surface area contributed by atoms with Crippen molar-refractivity contribution >= 4 is 6.09 Å². The van der Waals surface area contributed by atoms with Crippen LogP contribution in [0.5, 0.6) is 0 Å². The molecular weight excluding hydrogens is 278 g/mol. The van der Waals surface area contributed by atoms with Crippen molar-refractivity contribution in [2.45, 2.75) is 57.8 Å². The highest BCUT2D eigenvalue weighted by Crippen LogP contribution is 2.35. The second-order valence-corrected chi connectivity index (χ2v) is 6.87. The number of methoxy groups -OCH3 is 1. The maximum absolute atomic E-state index is 12.5. The third-order valence-corrected chi connectivity index (χ3v) is 4.08. The van der Waals surface area contributed by atoms with Crippen LogP contribution in [-0.2, 0) is 15.9 Å². The minimum atomic E-state index is -0.543. The fourth-order valence-electron chi connectivity index (χ4n) is 2.99. The molecule has 1 aliphatic heterocycles. The first kappa shape index (κ1) is 16.8. The quantitative estimate of drug-likeness (QED) is 0.844. The molecule has 0 saturated carbocycles. The Morgan fingerprint density at radius 1 is 1.27 bits per heavy atom. The molecule has 4 heteroatoms. The Balaban J connectivity index is 2.08. The second kappa shape index (κ2) is 6.69. The van der Waals surface area contributed by atoms with Gasteiger partial charge in [-0.25, -0.2) is 4.79 Å². The lowest BCUT2D eigenvalue weighted by atomic mass is 10.00. The number of amides is 1. The average Bonchev–Trinajstić information content (AvgIpc) is 2.89. The standard InChI is InChI=1S/C18H27NO3/c1-17(2,3)22-16(20)19-14-8-12-18(19,21-4)13-11-15-9-6-5-7-10-15/h5-7,9-10H,8,11-14H2,1-4H3. The Morgan fingerprint density at radius 3 is 2.55 bits per heavy atom. The molecule has 4 nitrogen and oxygen atoms in total. The summed E-state index contributed by atoms with van der Waals surface area (Å²) < 4.78 is 11.3. The summed E-state index contributed by atoms with van der Waals surface area (Å²) in [6, 6.07) is 10.3. The summed E-state index contributed by atoms with van der Waals surface area (Å²) in [4.78, 5) is 14.2. The molecule has 122 valence electrons. The molecule has 2 rings (SSSR count). The van der Waals surface area contributed by atoms with Crippen molar-refractivity contribution in [3.8, 4) is 0 Å². The Kier molecular flexibility index (Phi) is 5.12. The van der Waals surface area contributed by atoms with Crippen molar-refractivity contribution in [1.82, 2.24) is 4.90 Å². The number of likely N-dealkylation sites (tertiary alicyclic amines) is 1. The first-order chi connectivity index (χ1) is 10.4. The summed E-state index contributed by atoms with van der Waals surface area (Å²) >= 11 is 0. The van der Waals surface area contributed by atoms with Crippen LogP contribution in [0.2, 0.25) is 0 Å². The molecule has 0 aliphatic carbocycles. The highest BCUT2D eigenvalue weighted by Gasteiger charge is 2.45. The van der Waals surface area contributed by atoms with Crippen molar-refractivity contribution in [3.63, 3.8) is 0 Å². The Bertz CT molecular complexity index is 495. The largest absolute Gasteiger partial charge is 0.444 e. The highest BCUT2D eigenvalue weighted by molar-refractivity contribution is 5.69. The number of rotatable bonds is 4. The predicted octanol–water partition coefficient (Wildman–Crippen LogP) is 3.99. The van der Waals surface area contributed by atoms with E-state index in [2.05, 4.69) is 12.1 Å². The van der Waals surface area contributed by atoms with Gasteiger partial charge in [0.2, 0.25) is 0 Å². The Labute approximate surface area is 133 Å². The number of ether oxygens (including phenoxy) is 2. The molecule has 1 aromatic rings. The smallest absolute Gasteiger partial charge is 0.412 e. The molecule has 1 atom stereocenters. The number of hydrogen-bond acceptors (Lipinski definition) is 3. The van der Waals surface area contributed by atoms with E-state index in [9.17, 15) is 4.79 Å². The molecule has 0 spiro atoms. The van der Waals surface area contributed by atoms with E-state index in [0.29, 0.717) is 6.54 Å². The van der Waals surface area contributed by atoms with Gasteiger partial charge in [-0.1, -0.05) is 30.3 Å². The number of benzene rings is 1. The van der Waals surface area contributed by atoms with Crippen LogP contribution in [0, 0.1) is 0 Å². The molecule has 1 amide bonds. The lowest BCUT2D eigenvalue weighted by Crippen LogP contribution is -2.50. The first-order valence-corrected chi connectivity index (χ1v) is 7.96. The van der Waals surface area contributed by atoms with Crippen molar-refractivity contribution < 1.29 is 14.3 Å². The number of carbonyl (C=O) groups is 1. The van der Waals surface area contributed by atoms with E-state index in [-0.39, 0.29) is 6.09 Å². The van der Waals surface area contributed by atoms with E-state index in [1.165, 1.54) is 5.56 Å². The molecular formula is C18H27NO3. The van der Waals surface area contributed by atoms with Crippen LogP contribution in [0.25, 0.3) is 0 Å². The van der Waals surface area contributed by atoms with Gasteiger partial charge in [-0.15, -0.1) is 0 Å². The Morgan fingerprint density at radius 2 is 1.95 bits per heavy atom. The second-order valence-electron chi connectivity index (χ2n) is 6.87. The zero-order valence-electron chi connectivity index (χ0n) is 14.1. The molecule has 0 bridgehead atoms. The summed E-state index contributed by atoms with van der Waals surface area (Å²) in [6.07, 6.45) is 3.19.